The summed E-state index contributed by atoms with van der Waals surface area (Å²) in [6, 6.07) is 0. The fourth-order valence-corrected chi connectivity index (χ4v) is 2.74. The molecule has 0 fully saturated rings. The van der Waals surface area contributed by atoms with Crippen LogP contribution in [0.2, 0.25) is 0 Å². The average Bonchev–Trinajstić information content (AvgIpc) is 2.67. The van der Waals surface area contributed by atoms with Crippen LogP contribution in [0, 0.1) is 11.3 Å². The Labute approximate surface area is 109 Å². The van der Waals surface area contributed by atoms with Crippen molar-refractivity contribution < 1.29 is 0 Å². The fraction of sp³-hybridized carbons (Fsp3) is 0.769. The first kappa shape index (κ1) is 14.6. The largest absolute Gasteiger partial charge is 0.330 e. The minimum Gasteiger partial charge on any atom is -0.330 e. The Morgan fingerprint density at radius 2 is 2.18 bits per heavy atom. The summed E-state index contributed by atoms with van der Waals surface area (Å²) >= 11 is 1.65. The summed E-state index contributed by atoms with van der Waals surface area (Å²) in [5.41, 5.74) is 9.26. The predicted octanol–water partition coefficient (Wildman–Crippen LogP) is 2.59. The lowest BCUT2D eigenvalue weighted by molar-refractivity contribution is 0.215. The molecular formula is C13H25N3S. The number of aromatic nitrogens is 1. The van der Waals surface area contributed by atoms with Gasteiger partial charge in [0, 0.05) is 18.5 Å². The molecule has 0 amide bonds. The number of hydrogen-bond acceptors (Lipinski definition) is 4. The smallest absolute Gasteiger partial charge is 0.0795 e. The minimum absolute atomic E-state index is 0.353. The summed E-state index contributed by atoms with van der Waals surface area (Å²) in [6.07, 6.45) is 1.17. The van der Waals surface area contributed by atoms with Gasteiger partial charge in [-0.25, -0.2) is 4.98 Å². The van der Waals surface area contributed by atoms with Crippen LogP contribution in [0.25, 0.3) is 0 Å². The molecule has 0 saturated heterocycles. The van der Waals surface area contributed by atoms with Crippen molar-refractivity contribution in [2.45, 2.75) is 33.7 Å². The molecule has 0 aliphatic rings. The van der Waals surface area contributed by atoms with Crippen molar-refractivity contribution in [3.8, 4) is 0 Å². The third kappa shape index (κ3) is 6.15. The molecule has 1 heterocycles. The molecule has 98 valence electrons. The molecule has 1 unspecified atom stereocenters. The second kappa shape index (κ2) is 6.47. The number of hydrogen-bond donors (Lipinski definition) is 1. The van der Waals surface area contributed by atoms with Crippen molar-refractivity contribution in [1.82, 2.24) is 9.88 Å². The Kier molecular flexibility index (Phi) is 5.56. The summed E-state index contributed by atoms with van der Waals surface area (Å²) in [6.45, 7) is 9.55. The van der Waals surface area contributed by atoms with E-state index in [0.29, 0.717) is 11.3 Å². The van der Waals surface area contributed by atoms with E-state index in [1.165, 1.54) is 6.42 Å². The first-order valence-electron chi connectivity index (χ1n) is 6.16. The van der Waals surface area contributed by atoms with Gasteiger partial charge < -0.3 is 10.6 Å². The molecule has 1 aromatic heterocycles. The van der Waals surface area contributed by atoms with Gasteiger partial charge in [-0.05, 0) is 31.3 Å². The molecule has 0 bridgehead atoms. The summed E-state index contributed by atoms with van der Waals surface area (Å²) in [5, 5.41) is 2.11. The number of nitrogens with two attached hydrogens (primary N) is 1. The standard InChI is InChI=1S/C13H25N3S/c1-13(2,3)5-11(6-14)7-16(4)8-12-9-17-10-15-12/h9-11H,5-8,14H2,1-4H3. The maximum Gasteiger partial charge on any atom is 0.0795 e. The van der Waals surface area contributed by atoms with Crippen LogP contribution in [0.3, 0.4) is 0 Å². The van der Waals surface area contributed by atoms with Gasteiger partial charge in [-0.3, -0.25) is 0 Å². The van der Waals surface area contributed by atoms with Crippen LogP contribution in [-0.4, -0.2) is 30.0 Å². The zero-order chi connectivity index (χ0) is 12.9. The van der Waals surface area contributed by atoms with Crippen molar-refractivity contribution in [3.63, 3.8) is 0 Å². The van der Waals surface area contributed by atoms with E-state index in [1.54, 1.807) is 11.3 Å². The van der Waals surface area contributed by atoms with Gasteiger partial charge in [0.1, 0.15) is 0 Å². The van der Waals surface area contributed by atoms with Gasteiger partial charge in [-0.15, -0.1) is 11.3 Å². The van der Waals surface area contributed by atoms with Crippen molar-refractivity contribution in [2.75, 3.05) is 20.1 Å². The average molecular weight is 255 g/mol. The van der Waals surface area contributed by atoms with Crippen LogP contribution in [0.5, 0.6) is 0 Å². The fourth-order valence-electron chi connectivity index (χ4n) is 2.19. The maximum absolute atomic E-state index is 5.86. The van der Waals surface area contributed by atoms with Gasteiger partial charge in [-0.1, -0.05) is 20.8 Å². The van der Waals surface area contributed by atoms with Crippen LogP contribution in [0.4, 0.5) is 0 Å². The third-order valence-corrected chi connectivity index (χ3v) is 3.35. The molecule has 0 spiro atoms. The van der Waals surface area contributed by atoms with Crippen LogP contribution in [0.1, 0.15) is 32.9 Å². The Hall–Kier alpha value is -0.450. The number of nitrogens with zero attached hydrogens (tertiary/aromatic N) is 2. The Balaban J connectivity index is 2.40. The van der Waals surface area contributed by atoms with Gasteiger partial charge in [0.25, 0.3) is 0 Å². The molecule has 0 saturated carbocycles. The lowest BCUT2D eigenvalue weighted by Crippen LogP contribution is -2.32. The van der Waals surface area contributed by atoms with Crippen LogP contribution < -0.4 is 5.73 Å². The molecule has 2 N–H and O–H groups in total. The highest BCUT2D eigenvalue weighted by atomic mass is 32.1. The van der Waals surface area contributed by atoms with Gasteiger partial charge in [0.15, 0.2) is 0 Å². The van der Waals surface area contributed by atoms with Gasteiger partial charge in [-0.2, -0.15) is 0 Å². The molecule has 0 aliphatic heterocycles. The molecule has 0 aromatic carbocycles. The lowest BCUT2D eigenvalue weighted by atomic mass is 9.84. The number of rotatable bonds is 6. The third-order valence-electron chi connectivity index (χ3n) is 2.72. The highest BCUT2D eigenvalue weighted by Gasteiger charge is 2.19. The van der Waals surface area contributed by atoms with E-state index < -0.39 is 0 Å². The van der Waals surface area contributed by atoms with E-state index in [4.69, 9.17) is 5.73 Å². The quantitative estimate of drug-likeness (QED) is 0.849. The molecule has 0 aliphatic carbocycles. The molecule has 3 nitrogen and oxygen atoms in total. The normalized spacial score (nSPS) is 14.2. The highest BCUT2D eigenvalue weighted by molar-refractivity contribution is 7.07. The van der Waals surface area contributed by atoms with Crippen LogP contribution in [0.15, 0.2) is 10.9 Å². The van der Waals surface area contributed by atoms with E-state index >= 15 is 0 Å². The topological polar surface area (TPSA) is 42.2 Å². The second-order valence-electron chi connectivity index (χ2n) is 6.04. The summed E-state index contributed by atoms with van der Waals surface area (Å²) in [4.78, 5) is 6.63. The van der Waals surface area contributed by atoms with Crippen LogP contribution in [-0.2, 0) is 6.54 Å². The minimum atomic E-state index is 0.353. The van der Waals surface area contributed by atoms with Crippen molar-refractivity contribution in [2.24, 2.45) is 17.1 Å². The molecular weight excluding hydrogens is 230 g/mol. The number of thiazole rings is 1. The van der Waals surface area contributed by atoms with Crippen molar-refractivity contribution in [1.29, 1.82) is 0 Å². The van der Waals surface area contributed by atoms with Gasteiger partial charge in [0.05, 0.1) is 11.2 Å². The van der Waals surface area contributed by atoms with E-state index in [9.17, 15) is 0 Å². The summed E-state index contributed by atoms with van der Waals surface area (Å²) in [7, 11) is 2.14. The van der Waals surface area contributed by atoms with E-state index in [0.717, 1.165) is 25.3 Å². The first-order valence-corrected chi connectivity index (χ1v) is 7.10. The van der Waals surface area contributed by atoms with E-state index in [1.807, 2.05) is 5.51 Å². The van der Waals surface area contributed by atoms with E-state index in [-0.39, 0.29) is 0 Å². The van der Waals surface area contributed by atoms with E-state index in [2.05, 4.69) is 43.1 Å². The van der Waals surface area contributed by atoms with Crippen LogP contribution >= 0.6 is 11.3 Å². The first-order chi connectivity index (χ1) is 7.90. The van der Waals surface area contributed by atoms with Gasteiger partial charge in [0.2, 0.25) is 0 Å². The summed E-state index contributed by atoms with van der Waals surface area (Å²) < 4.78 is 0. The van der Waals surface area contributed by atoms with Crippen molar-refractivity contribution >= 4 is 11.3 Å². The molecule has 1 atom stereocenters. The Bertz CT molecular complexity index is 303. The molecule has 17 heavy (non-hydrogen) atoms. The van der Waals surface area contributed by atoms with Gasteiger partial charge >= 0.3 is 0 Å². The maximum atomic E-state index is 5.86. The lowest BCUT2D eigenvalue weighted by Gasteiger charge is -2.28. The zero-order valence-corrected chi connectivity index (χ0v) is 12.3. The Morgan fingerprint density at radius 1 is 1.47 bits per heavy atom. The second-order valence-corrected chi connectivity index (χ2v) is 6.76. The molecule has 4 heteroatoms. The SMILES string of the molecule is CN(Cc1cscn1)CC(CN)CC(C)(C)C. The monoisotopic (exact) mass is 255 g/mol. The van der Waals surface area contributed by atoms with Crippen molar-refractivity contribution in [3.05, 3.63) is 16.6 Å². The molecule has 1 aromatic rings. The molecule has 1 rings (SSSR count). The predicted molar refractivity (Wildman–Crippen MR) is 75.1 cm³/mol. The zero-order valence-electron chi connectivity index (χ0n) is 11.4. The highest BCUT2D eigenvalue weighted by Crippen LogP contribution is 2.24. The Morgan fingerprint density at radius 3 is 2.65 bits per heavy atom. The molecule has 0 radical (unpaired) electrons. The summed E-state index contributed by atoms with van der Waals surface area (Å²) in [5.74, 6) is 0.568.